The molecule has 2 aromatic heterocycles. The molecule has 0 aliphatic heterocycles. The number of nitrogens with zero attached hydrogens (tertiary/aromatic N) is 2. The van der Waals surface area contributed by atoms with Gasteiger partial charge in [0.1, 0.15) is 6.61 Å². The van der Waals surface area contributed by atoms with E-state index in [0.29, 0.717) is 28.8 Å². The summed E-state index contributed by atoms with van der Waals surface area (Å²) in [6, 6.07) is 8.90. The Kier molecular flexibility index (Phi) is 5.02. The third kappa shape index (κ3) is 3.93. The number of hydrogen-bond donors (Lipinski definition) is 1. The highest BCUT2D eigenvalue weighted by Gasteiger charge is 2.19. The molecule has 1 N–H and O–H groups in total. The van der Waals surface area contributed by atoms with Crippen molar-refractivity contribution in [3.8, 4) is 11.5 Å². The number of fused-ring (bicyclic) bond motifs is 1. The van der Waals surface area contributed by atoms with E-state index in [9.17, 15) is 4.79 Å². The smallest absolute Gasteiger partial charge is 0.257 e. The summed E-state index contributed by atoms with van der Waals surface area (Å²) in [4.78, 5) is 22.4. The molecule has 0 spiro atoms. The first-order chi connectivity index (χ1) is 13.2. The number of aryl methyl sites for hydroxylation is 2. The molecule has 2 heterocycles. The van der Waals surface area contributed by atoms with Crippen LogP contribution in [0.15, 0.2) is 42.7 Å². The number of amides is 1. The van der Waals surface area contributed by atoms with Gasteiger partial charge in [-0.3, -0.25) is 15.1 Å². The van der Waals surface area contributed by atoms with Crippen LogP contribution in [0.3, 0.4) is 0 Å². The number of carbonyl (C=O) groups is 1. The maximum atomic E-state index is 12.6. The van der Waals surface area contributed by atoms with Crippen molar-refractivity contribution in [1.82, 2.24) is 9.97 Å². The van der Waals surface area contributed by atoms with Crippen molar-refractivity contribution in [3.63, 3.8) is 0 Å². The number of rotatable bonds is 6. The fourth-order valence-electron chi connectivity index (χ4n) is 2.98. The number of pyridine rings is 1. The fourth-order valence-corrected chi connectivity index (χ4v) is 4.03. The highest BCUT2D eigenvalue weighted by molar-refractivity contribution is 7.16. The van der Waals surface area contributed by atoms with Gasteiger partial charge in [-0.15, -0.1) is 11.3 Å². The summed E-state index contributed by atoms with van der Waals surface area (Å²) in [7, 11) is 1.57. The first kappa shape index (κ1) is 17.5. The van der Waals surface area contributed by atoms with Crippen LogP contribution in [0.4, 0.5) is 5.13 Å². The second-order valence-electron chi connectivity index (χ2n) is 6.21. The van der Waals surface area contributed by atoms with E-state index in [4.69, 9.17) is 9.47 Å². The van der Waals surface area contributed by atoms with Crippen LogP contribution in [-0.4, -0.2) is 23.0 Å². The fraction of sp³-hybridized carbons (Fsp3) is 0.250. The van der Waals surface area contributed by atoms with Crippen LogP contribution >= 0.6 is 11.3 Å². The van der Waals surface area contributed by atoms with Crippen molar-refractivity contribution < 1.29 is 14.3 Å². The highest BCUT2D eigenvalue weighted by atomic mass is 32.1. The van der Waals surface area contributed by atoms with Gasteiger partial charge in [0.2, 0.25) is 0 Å². The number of thiazole rings is 1. The lowest BCUT2D eigenvalue weighted by Gasteiger charge is -2.12. The Morgan fingerprint density at radius 3 is 2.81 bits per heavy atom. The predicted molar refractivity (Wildman–Crippen MR) is 104 cm³/mol. The van der Waals surface area contributed by atoms with Crippen LogP contribution < -0.4 is 14.8 Å². The van der Waals surface area contributed by atoms with E-state index in [2.05, 4.69) is 15.3 Å². The second-order valence-corrected chi connectivity index (χ2v) is 7.29. The third-order valence-electron chi connectivity index (χ3n) is 4.39. The Labute approximate surface area is 161 Å². The average molecular weight is 381 g/mol. The molecular weight excluding hydrogens is 362 g/mol. The van der Waals surface area contributed by atoms with E-state index in [-0.39, 0.29) is 5.91 Å². The van der Waals surface area contributed by atoms with Crippen molar-refractivity contribution in [2.24, 2.45) is 0 Å². The minimum atomic E-state index is -0.209. The number of hydrogen-bond acceptors (Lipinski definition) is 6. The highest BCUT2D eigenvalue weighted by Crippen LogP contribution is 2.32. The number of carbonyl (C=O) groups excluding carboxylic acids is 1. The third-order valence-corrected chi connectivity index (χ3v) is 5.46. The molecule has 0 fully saturated rings. The van der Waals surface area contributed by atoms with Crippen LogP contribution in [0, 0.1) is 0 Å². The topological polar surface area (TPSA) is 73.3 Å². The molecule has 0 saturated carbocycles. The van der Waals surface area contributed by atoms with E-state index in [1.165, 1.54) is 4.88 Å². The van der Waals surface area contributed by atoms with Gasteiger partial charge in [-0.1, -0.05) is 0 Å². The van der Waals surface area contributed by atoms with Crippen molar-refractivity contribution in [2.45, 2.75) is 25.9 Å². The van der Waals surface area contributed by atoms with E-state index < -0.39 is 0 Å². The predicted octanol–water partition coefficient (Wildman–Crippen LogP) is 3.87. The quantitative estimate of drug-likeness (QED) is 0.702. The monoisotopic (exact) mass is 381 g/mol. The van der Waals surface area contributed by atoms with Crippen molar-refractivity contribution >= 4 is 22.4 Å². The second kappa shape index (κ2) is 7.75. The number of aromatic nitrogens is 2. The molecule has 1 aromatic carbocycles. The first-order valence-electron chi connectivity index (χ1n) is 8.72. The molecule has 0 atom stereocenters. The molecule has 4 rings (SSSR count). The lowest BCUT2D eigenvalue weighted by atomic mass is 10.2. The van der Waals surface area contributed by atoms with E-state index in [0.717, 1.165) is 30.5 Å². The lowest BCUT2D eigenvalue weighted by Crippen LogP contribution is -2.12. The Bertz CT molecular complexity index is 935. The van der Waals surface area contributed by atoms with Gasteiger partial charge < -0.3 is 9.47 Å². The molecule has 27 heavy (non-hydrogen) atoms. The van der Waals surface area contributed by atoms with Crippen molar-refractivity contribution in [1.29, 1.82) is 0 Å². The molecule has 138 valence electrons. The van der Waals surface area contributed by atoms with Crippen LogP contribution in [0.1, 0.15) is 32.9 Å². The van der Waals surface area contributed by atoms with Crippen molar-refractivity contribution in [3.05, 3.63) is 64.4 Å². The Balaban J connectivity index is 1.49. The maximum absolute atomic E-state index is 12.6. The molecule has 7 heteroatoms. The molecular formula is C20H19N3O3S. The number of ether oxygens (including phenoxy) is 2. The van der Waals surface area contributed by atoms with E-state index in [1.807, 2.05) is 12.1 Å². The van der Waals surface area contributed by atoms with Gasteiger partial charge in [-0.25, -0.2) is 4.98 Å². The van der Waals surface area contributed by atoms with E-state index >= 15 is 0 Å². The zero-order valence-electron chi connectivity index (χ0n) is 14.9. The van der Waals surface area contributed by atoms with Gasteiger partial charge in [-0.05, 0) is 55.2 Å². The van der Waals surface area contributed by atoms with Gasteiger partial charge in [0.05, 0.1) is 12.8 Å². The lowest BCUT2D eigenvalue weighted by molar-refractivity contribution is 0.102. The standard InChI is InChI=1S/C20H19N3O3S/c1-25-16-6-5-14(11-17(16)26-12-13-7-9-21-10-8-13)19(24)23-20-22-15-3-2-4-18(15)27-20/h5-11H,2-4,12H2,1H3,(H,22,23,24). The number of benzene rings is 1. The summed E-state index contributed by atoms with van der Waals surface area (Å²) in [5.74, 6) is 0.885. The zero-order valence-corrected chi connectivity index (χ0v) is 15.7. The molecule has 0 unspecified atom stereocenters. The summed E-state index contributed by atoms with van der Waals surface area (Å²) in [6.45, 7) is 0.364. The maximum Gasteiger partial charge on any atom is 0.257 e. The minimum absolute atomic E-state index is 0.209. The molecule has 0 saturated heterocycles. The molecule has 0 radical (unpaired) electrons. The van der Waals surface area contributed by atoms with Gasteiger partial charge in [0, 0.05) is 22.8 Å². The number of anilines is 1. The summed E-state index contributed by atoms with van der Waals surface area (Å²) in [5.41, 5.74) is 2.60. The SMILES string of the molecule is COc1ccc(C(=O)Nc2nc3c(s2)CCC3)cc1OCc1ccncc1. The van der Waals surface area contributed by atoms with E-state index in [1.54, 1.807) is 49.0 Å². The molecule has 1 aliphatic carbocycles. The largest absolute Gasteiger partial charge is 0.493 e. The molecule has 6 nitrogen and oxygen atoms in total. The number of nitrogens with one attached hydrogen (secondary N) is 1. The Hall–Kier alpha value is -2.93. The van der Waals surface area contributed by atoms with Gasteiger partial charge >= 0.3 is 0 Å². The minimum Gasteiger partial charge on any atom is -0.493 e. The molecule has 1 amide bonds. The summed E-state index contributed by atoms with van der Waals surface area (Å²) >= 11 is 1.56. The Morgan fingerprint density at radius 1 is 1.19 bits per heavy atom. The summed E-state index contributed by atoms with van der Waals surface area (Å²) < 4.78 is 11.2. The van der Waals surface area contributed by atoms with Gasteiger partial charge in [-0.2, -0.15) is 0 Å². The van der Waals surface area contributed by atoms with Gasteiger partial charge in [0.25, 0.3) is 5.91 Å². The van der Waals surface area contributed by atoms with Crippen LogP contribution in [0.2, 0.25) is 0 Å². The molecule has 0 bridgehead atoms. The van der Waals surface area contributed by atoms with Crippen LogP contribution in [0.5, 0.6) is 11.5 Å². The first-order valence-corrected chi connectivity index (χ1v) is 9.54. The summed E-state index contributed by atoms with van der Waals surface area (Å²) in [5, 5.41) is 3.54. The molecule has 1 aliphatic rings. The Morgan fingerprint density at radius 2 is 2.04 bits per heavy atom. The zero-order chi connectivity index (χ0) is 18.6. The number of methoxy groups -OCH3 is 1. The average Bonchev–Trinajstić information content (AvgIpc) is 3.28. The normalized spacial score (nSPS) is 12.5. The molecule has 3 aromatic rings. The summed E-state index contributed by atoms with van der Waals surface area (Å²) in [6.07, 6.45) is 6.63. The van der Waals surface area contributed by atoms with Crippen molar-refractivity contribution in [2.75, 3.05) is 12.4 Å². The van der Waals surface area contributed by atoms with Crippen LogP contribution in [-0.2, 0) is 19.4 Å². The van der Waals surface area contributed by atoms with Gasteiger partial charge in [0.15, 0.2) is 16.6 Å². The van der Waals surface area contributed by atoms with Crippen LogP contribution in [0.25, 0.3) is 0 Å².